The summed E-state index contributed by atoms with van der Waals surface area (Å²) in [5, 5.41) is 18.7. The molecule has 0 aliphatic carbocycles. The van der Waals surface area contributed by atoms with Crippen LogP contribution in [0.25, 0.3) is 0 Å². The van der Waals surface area contributed by atoms with Gasteiger partial charge in [0.1, 0.15) is 24.5 Å². The van der Waals surface area contributed by atoms with Gasteiger partial charge in [0, 0.05) is 25.0 Å². The molecular weight excluding hydrogens is 320 g/mol. The second kappa shape index (κ2) is 8.60. The minimum absolute atomic E-state index is 0.310. The molecule has 7 nitrogen and oxygen atoms in total. The number of rotatable bonds is 8. The summed E-state index contributed by atoms with van der Waals surface area (Å²) in [7, 11) is 0. The van der Waals surface area contributed by atoms with E-state index in [1.165, 1.54) is 0 Å². The molecule has 0 amide bonds. The second-order valence-corrected chi connectivity index (χ2v) is 7.04. The van der Waals surface area contributed by atoms with E-state index in [2.05, 4.69) is 33.5 Å². The Kier molecular flexibility index (Phi) is 6.23. The zero-order chi connectivity index (χ0) is 17.6. The van der Waals surface area contributed by atoms with E-state index in [-0.39, 0.29) is 0 Å². The molecular formula is C18H28N4O3. The maximum absolute atomic E-state index is 10.3. The summed E-state index contributed by atoms with van der Waals surface area (Å²) in [6.45, 7) is 7.52. The first kappa shape index (κ1) is 18.1. The molecule has 0 saturated carbocycles. The zero-order valence-electron chi connectivity index (χ0n) is 15.0. The number of aliphatic hydroxyl groups excluding tert-OH is 1. The van der Waals surface area contributed by atoms with Crippen molar-refractivity contribution >= 4 is 0 Å². The molecule has 2 aromatic heterocycles. The number of piperidine rings is 1. The number of hydrogen-bond acceptors (Lipinski definition) is 6. The van der Waals surface area contributed by atoms with E-state index >= 15 is 0 Å². The summed E-state index contributed by atoms with van der Waals surface area (Å²) in [5.41, 5.74) is 0. The summed E-state index contributed by atoms with van der Waals surface area (Å²) < 4.78 is 12.9. The standard InChI is InChI=1S/C18H28N4O3/c1-14(2)22-13-19-20-18(22)15-5-3-7-21(9-15)10-16(23)11-24-12-17-6-4-8-25-17/h4,6,8,13-16,23H,3,5,7,9-12H2,1-2H3. The summed E-state index contributed by atoms with van der Waals surface area (Å²) in [6.07, 6.45) is 5.16. The Morgan fingerprint density at radius 2 is 2.32 bits per heavy atom. The Hall–Kier alpha value is -1.70. The lowest BCUT2D eigenvalue weighted by Crippen LogP contribution is -2.41. The second-order valence-electron chi connectivity index (χ2n) is 7.04. The van der Waals surface area contributed by atoms with Gasteiger partial charge in [-0.3, -0.25) is 4.90 Å². The molecule has 7 heteroatoms. The molecule has 1 aliphatic heterocycles. The largest absolute Gasteiger partial charge is 0.467 e. The Morgan fingerprint density at radius 3 is 3.08 bits per heavy atom. The predicted molar refractivity (Wildman–Crippen MR) is 93.2 cm³/mol. The van der Waals surface area contributed by atoms with E-state index in [4.69, 9.17) is 9.15 Å². The van der Waals surface area contributed by atoms with E-state index < -0.39 is 6.10 Å². The lowest BCUT2D eigenvalue weighted by atomic mass is 9.96. The van der Waals surface area contributed by atoms with Crippen molar-refractivity contribution in [1.29, 1.82) is 0 Å². The Morgan fingerprint density at radius 1 is 1.44 bits per heavy atom. The number of hydrogen-bond donors (Lipinski definition) is 1. The fourth-order valence-corrected chi connectivity index (χ4v) is 3.41. The van der Waals surface area contributed by atoms with Gasteiger partial charge >= 0.3 is 0 Å². The highest BCUT2D eigenvalue weighted by atomic mass is 16.5. The normalized spacial score (nSPS) is 20.2. The number of aromatic nitrogens is 3. The van der Waals surface area contributed by atoms with Gasteiger partial charge in [-0.1, -0.05) is 0 Å². The van der Waals surface area contributed by atoms with E-state index in [0.29, 0.717) is 31.7 Å². The van der Waals surface area contributed by atoms with Crippen LogP contribution in [-0.2, 0) is 11.3 Å². The van der Waals surface area contributed by atoms with Crippen molar-refractivity contribution in [2.75, 3.05) is 26.2 Å². The molecule has 3 heterocycles. The third-order valence-corrected chi connectivity index (χ3v) is 4.63. The smallest absolute Gasteiger partial charge is 0.137 e. The van der Waals surface area contributed by atoms with Gasteiger partial charge in [-0.2, -0.15) is 0 Å². The van der Waals surface area contributed by atoms with Crippen LogP contribution >= 0.6 is 0 Å². The van der Waals surface area contributed by atoms with Crippen LogP contribution in [0.1, 0.15) is 50.2 Å². The van der Waals surface area contributed by atoms with Gasteiger partial charge in [0.15, 0.2) is 0 Å². The van der Waals surface area contributed by atoms with Crippen LogP contribution in [0.15, 0.2) is 29.1 Å². The topological polar surface area (TPSA) is 76.6 Å². The summed E-state index contributed by atoms with van der Waals surface area (Å²) in [5.74, 6) is 2.21. The molecule has 1 N–H and O–H groups in total. The highest BCUT2D eigenvalue weighted by Crippen LogP contribution is 2.27. The van der Waals surface area contributed by atoms with Crippen LogP contribution in [0.3, 0.4) is 0 Å². The molecule has 1 aliphatic rings. The van der Waals surface area contributed by atoms with Gasteiger partial charge in [0.25, 0.3) is 0 Å². The van der Waals surface area contributed by atoms with Crippen molar-refractivity contribution < 1.29 is 14.3 Å². The van der Waals surface area contributed by atoms with E-state index in [1.807, 2.05) is 18.5 Å². The fraction of sp³-hybridized carbons (Fsp3) is 0.667. The van der Waals surface area contributed by atoms with Gasteiger partial charge < -0.3 is 18.8 Å². The number of likely N-dealkylation sites (tertiary alicyclic amines) is 1. The van der Waals surface area contributed by atoms with Gasteiger partial charge in [0.2, 0.25) is 0 Å². The maximum Gasteiger partial charge on any atom is 0.137 e. The quantitative estimate of drug-likeness (QED) is 0.788. The molecule has 0 spiro atoms. The molecule has 138 valence electrons. The molecule has 2 aromatic rings. The van der Waals surface area contributed by atoms with Gasteiger partial charge in [-0.25, -0.2) is 0 Å². The van der Waals surface area contributed by atoms with Crippen LogP contribution in [-0.4, -0.2) is 57.1 Å². The van der Waals surface area contributed by atoms with Gasteiger partial charge in [-0.05, 0) is 45.4 Å². The predicted octanol–water partition coefficient (Wildman–Crippen LogP) is 2.21. The average molecular weight is 348 g/mol. The van der Waals surface area contributed by atoms with E-state index in [9.17, 15) is 5.11 Å². The van der Waals surface area contributed by atoms with Crippen molar-refractivity contribution in [3.8, 4) is 0 Å². The highest BCUT2D eigenvalue weighted by Gasteiger charge is 2.26. The van der Waals surface area contributed by atoms with E-state index in [1.54, 1.807) is 6.26 Å². The van der Waals surface area contributed by atoms with Crippen LogP contribution in [0.5, 0.6) is 0 Å². The van der Waals surface area contributed by atoms with Crippen LogP contribution in [0, 0.1) is 0 Å². The van der Waals surface area contributed by atoms with E-state index in [0.717, 1.165) is 37.5 Å². The van der Waals surface area contributed by atoms with Gasteiger partial charge in [-0.15, -0.1) is 10.2 Å². The third kappa shape index (κ3) is 4.90. The summed E-state index contributed by atoms with van der Waals surface area (Å²) in [6, 6.07) is 4.06. The highest BCUT2D eigenvalue weighted by molar-refractivity contribution is 5.01. The molecule has 2 atom stereocenters. The van der Waals surface area contributed by atoms with Crippen LogP contribution in [0.2, 0.25) is 0 Å². The minimum atomic E-state index is -0.503. The van der Waals surface area contributed by atoms with Crippen LogP contribution in [0.4, 0.5) is 0 Å². The Bertz CT molecular complexity index is 626. The number of aliphatic hydroxyl groups is 1. The van der Waals surface area contributed by atoms with Crippen molar-refractivity contribution in [1.82, 2.24) is 19.7 Å². The first-order valence-corrected chi connectivity index (χ1v) is 9.03. The number of β-amino-alcohol motifs (C(OH)–C–C–N with tert-alkyl or cyclic N) is 1. The number of furan rings is 1. The maximum atomic E-state index is 10.3. The molecule has 0 radical (unpaired) electrons. The van der Waals surface area contributed by atoms with Crippen molar-refractivity contribution in [2.24, 2.45) is 0 Å². The summed E-state index contributed by atoms with van der Waals surface area (Å²) >= 11 is 0. The molecule has 1 fully saturated rings. The van der Waals surface area contributed by atoms with Gasteiger partial charge in [0.05, 0.1) is 19.0 Å². The monoisotopic (exact) mass is 348 g/mol. The number of ether oxygens (including phenoxy) is 1. The Balaban J connectivity index is 1.47. The molecule has 25 heavy (non-hydrogen) atoms. The van der Waals surface area contributed by atoms with Crippen molar-refractivity contribution in [3.05, 3.63) is 36.3 Å². The molecule has 1 saturated heterocycles. The SMILES string of the molecule is CC(C)n1cnnc1C1CCCN(CC(O)COCc2ccco2)C1. The zero-order valence-corrected chi connectivity index (χ0v) is 15.0. The molecule has 2 unspecified atom stereocenters. The fourth-order valence-electron chi connectivity index (χ4n) is 3.41. The lowest BCUT2D eigenvalue weighted by molar-refractivity contribution is 0.000985. The molecule has 3 rings (SSSR count). The Labute approximate surface area is 148 Å². The lowest BCUT2D eigenvalue weighted by Gasteiger charge is -2.33. The first-order chi connectivity index (χ1) is 12.1. The first-order valence-electron chi connectivity index (χ1n) is 9.03. The van der Waals surface area contributed by atoms with Crippen LogP contribution < -0.4 is 0 Å². The average Bonchev–Trinajstić information content (AvgIpc) is 3.26. The number of nitrogens with zero attached hydrogens (tertiary/aromatic N) is 4. The third-order valence-electron chi connectivity index (χ3n) is 4.63. The molecule has 0 aromatic carbocycles. The van der Waals surface area contributed by atoms with Crippen molar-refractivity contribution in [3.63, 3.8) is 0 Å². The molecule has 0 bridgehead atoms. The van der Waals surface area contributed by atoms with Crippen molar-refractivity contribution in [2.45, 2.75) is 51.4 Å². The summed E-state index contributed by atoms with van der Waals surface area (Å²) in [4.78, 5) is 2.30. The minimum Gasteiger partial charge on any atom is -0.467 e.